The first-order valence-corrected chi connectivity index (χ1v) is 9.35. The van der Waals surface area contributed by atoms with Gasteiger partial charge in [-0.25, -0.2) is 0 Å². The molecule has 31 heavy (non-hydrogen) atoms. The Morgan fingerprint density at radius 1 is 0.903 bits per heavy atom. The van der Waals surface area contributed by atoms with Crippen molar-refractivity contribution in [3.8, 4) is 28.6 Å². The highest BCUT2D eigenvalue weighted by atomic mass is 16.5. The van der Waals surface area contributed by atoms with Gasteiger partial charge in [-0.3, -0.25) is 4.79 Å². The monoisotopic (exact) mass is 432 g/mol. The van der Waals surface area contributed by atoms with Crippen LogP contribution in [0.3, 0.4) is 0 Å². The molecule has 1 aromatic heterocycles. The van der Waals surface area contributed by atoms with Crippen molar-refractivity contribution < 1.29 is 44.9 Å². The van der Waals surface area contributed by atoms with Gasteiger partial charge in [-0.05, 0) is 24.3 Å². The third-order valence-electron chi connectivity index (χ3n) is 5.34. The molecule has 7 N–H and O–H groups in total. The number of phenols is 3. The average molecular weight is 432 g/mol. The minimum absolute atomic E-state index is 0.0198. The molecule has 0 amide bonds. The van der Waals surface area contributed by atoms with Crippen LogP contribution >= 0.6 is 0 Å². The van der Waals surface area contributed by atoms with Crippen LogP contribution in [0.4, 0.5) is 0 Å². The predicted molar refractivity (Wildman–Crippen MR) is 106 cm³/mol. The zero-order valence-corrected chi connectivity index (χ0v) is 15.9. The van der Waals surface area contributed by atoms with Gasteiger partial charge in [-0.15, -0.1) is 0 Å². The van der Waals surface area contributed by atoms with Gasteiger partial charge in [0.05, 0.1) is 12.2 Å². The molecule has 5 atom stereocenters. The first kappa shape index (κ1) is 21.1. The van der Waals surface area contributed by atoms with Gasteiger partial charge in [0.25, 0.3) is 0 Å². The molecule has 0 saturated carbocycles. The number of benzene rings is 2. The standard InChI is InChI=1S/C21H20O10/c22-7-14-17(26)19(28)20(29)21(31-14)16-11(25)6-13-15(18(16)27)10(24)5-12(30-13)8-1-3-9(23)4-2-8/h1-6,14,17,19-23,25-29H,7H2/t14-,17+,19-,20+,21+/m1/s1. The van der Waals surface area contributed by atoms with E-state index in [9.17, 15) is 40.5 Å². The zero-order chi connectivity index (χ0) is 22.4. The molecule has 2 aromatic carbocycles. The molecule has 0 aliphatic carbocycles. The van der Waals surface area contributed by atoms with Gasteiger partial charge < -0.3 is 44.9 Å². The highest BCUT2D eigenvalue weighted by Gasteiger charge is 2.46. The maximum absolute atomic E-state index is 12.7. The van der Waals surface area contributed by atoms with E-state index in [1.165, 1.54) is 24.3 Å². The minimum Gasteiger partial charge on any atom is -0.508 e. The summed E-state index contributed by atoms with van der Waals surface area (Å²) in [7, 11) is 0. The normalized spacial score (nSPS) is 26.3. The molecule has 10 nitrogen and oxygen atoms in total. The summed E-state index contributed by atoms with van der Waals surface area (Å²) in [6, 6.07) is 8.00. The topological polar surface area (TPSA) is 181 Å². The van der Waals surface area contributed by atoms with Crippen LogP contribution in [-0.4, -0.2) is 66.8 Å². The summed E-state index contributed by atoms with van der Waals surface area (Å²) >= 11 is 0. The molecule has 0 unspecified atom stereocenters. The summed E-state index contributed by atoms with van der Waals surface area (Å²) in [4.78, 5) is 12.7. The van der Waals surface area contributed by atoms with Crippen LogP contribution in [0.2, 0.25) is 0 Å². The molecule has 1 fully saturated rings. The van der Waals surface area contributed by atoms with Crippen LogP contribution in [-0.2, 0) is 4.74 Å². The maximum Gasteiger partial charge on any atom is 0.197 e. The molecule has 3 aromatic rings. The van der Waals surface area contributed by atoms with Gasteiger partial charge in [-0.2, -0.15) is 0 Å². The first-order valence-electron chi connectivity index (χ1n) is 9.35. The van der Waals surface area contributed by atoms with E-state index in [4.69, 9.17) is 9.15 Å². The predicted octanol–water partition coefficient (Wildman–Crippen LogP) is 0.0917. The summed E-state index contributed by atoms with van der Waals surface area (Å²) < 4.78 is 11.0. The number of hydrogen-bond acceptors (Lipinski definition) is 10. The zero-order valence-electron chi connectivity index (χ0n) is 15.9. The quantitative estimate of drug-likeness (QED) is 0.300. The molecular weight excluding hydrogens is 412 g/mol. The van der Waals surface area contributed by atoms with E-state index in [1.54, 1.807) is 0 Å². The SMILES string of the molecule is O=c1cc(-c2ccc(O)cc2)oc2cc(O)c([C@@H]3O[C@H](CO)[C@H](O)[C@@H](O)[C@@H]3O)c(O)c12. The second kappa shape index (κ2) is 7.84. The Hall–Kier alpha value is -3.15. The van der Waals surface area contributed by atoms with Crippen molar-refractivity contribution in [2.45, 2.75) is 30.5 Å². The number of rotatable bonds is 3. The van der Waals surface area contributed by atoms with E-state index in [-0.39, 0.29) is 22.5 Å². The molecule has 1 aliphatic rings. The van der Waals surface area contributed by atoms with E-state index < -0.39 is 59.6 Å². The number of aliphatic hydroxyl groups is 4. The fourth-order valence-corrected chi connectivity index (χ4v) is 3.69. The smallest absolute Gasteiger partial charge is 0.197 e. The van der Waals surface area contributed by atoms with Crippen LogP contribution < -0.4 is 5.43 Å². The molecule has 164 valence electrons. The van der Waals surface area contributed by atoms with Crippen molar-refractivity contribution >= 4 is 11.0 Å². The number of ether oxygens (including phenoxy) is 1. The molecule has 0 spiro atoms. The largest absolute Gasteiger partial charge is 0.508 e. The van der Waals surface area contributed by atoms with Crippen molar-refractivity contribution in [1.82, 2.24) is 0 Å². The number of fused-ring (bicyclic) bond motifs is 1. The van der Waals surface area contributed by atoms with Gasteiger partial charge >= 0.3 is 0 Å². The van der Waals surface area contributed by atoms with Crippen LogP contribution in [0.25, 0.3) is 22.3 Å². The average Bonchev–Trinajstić information content (AvgIpc) is 2.73. The van der Waals surface area contributed by atoms with Crippen LogP contribution in [0.1, 0.15) is 11.7 Å². The molecule has 10 heteroatoms. The van der Waals surface area contributed by atoms with Crippen LogP contribution in [0.5, 0.6) is 17.2 Å². The lowest BCUT2D eigenvalue weighted by Crippen LogP contribution is -2.55. The summed E-state index contributed by atoms with van der Waals surface area (Å²) in [5.74, 6) is -1.19. The number of aromatic hydroxyl groups is 3. The third kappa shape index (κ3) is 3.50. The Bertz CT molecular complexity index is 1170. The van der Waals surface area contributed by atoms with E-state index >= 15 is 0 Å². The summed E-state index contributed by atoms with van der Waals surface area (Å²) in [5, 5.41) is 70.0. The van der Waals surface area contributed by atoms with Crippen molar-refractivity contribution in [1.29, 1.82) is 0 Å². The van der Waals surface area contributed by atoms with E-state index in [1.807, 2.05) is 0 Å². The Morgan fingerprint density at radius 3 is 2.23 bits per heavy atom. The van der Waals surface area contributed by atoms with E-state index in [2.05, 4.69) is 0 Å². The Kier molecular flexibility index (Phi) is 5.33. The van der Waals surface area contributed by atoms with Crippen molar-refractivity contribution in [3.05, 3.63) is 52.2 Å². The van der Waals surface area contributed by atoms with E-state index in [0.29, 0.717) is 5.56 Å². The lowest BCUT2D eigenvalue weighted by atomic mass is 9.89. The lowest BCUT2D eigenvalue weighted by Gasteiger charge is -2.40. The lowest BCUT2D eigenvalue weighted by molar-refractivity contribution is -0.232. The second-order valence-electron chi connectivity index (χ2n) is 7.30. The molecule has 1 saturated heterocycles. The highest BCUT2D eigenvalue weighted by molar-refractivity contribution is 5.88. The Balaban J connectivity index is 1.85. The van der Waals surface area contributed by atoms with Crippen LogP contribution in [0.15, 0.2) is 45.6 Å². The second-order valence-corrected chi connectivity index (χ2v) is 7.30. The van der Waals surface area contributed by atoms with Gasteiger partial charge in [0.2, 0.25) is 0 Å². The molecule has 0 bridgehead atoms. The molecule has 1 aliphatic heterocycles. The van der Waals surface area contributed by atoms with Gasteiger partial charge in [0, 0.05) is 17.7 Å². The summed E-state index contributed by atoms with van der Waals surface area (Å²) in [5.41, 5.74) is -0.741. The third-order valence-corrected chi connectivity index (χ3v) is 5.34. The number of aliphatic hydroxyl groups excluding tert-OH is 4. The molecule has 4 rings (SSSR count). The molecule has 2 heterocycles. The van der Waals surface area contributed by atoms with Crippen molar-refractivity contribution in [2.75, 3.05) is 6.61 Å². The minimum atomic E-state index is -1.77. The summed E-state index contributed by atoms with van der Waals surface area (Å²) in [6.45, 7) is -0.700. The maximum atomic E-state index is 12.7. The highest BCUT2D eigenvalue weighted by Crippen LogP contribution is 2.44. The molecule has 0 radical (unpaired) electrons. The van der Waals surface area contributed by atoms with Gasteiger partial charge in [0.1, 0.15) is 64.5 Å². The van der Waals surface area contributed by atoms with Crippen molar-refractivity contribution in [3.63, 3.8) is 0 Å². The number of hydrogen-bond donors (Lipinski definition) is 7. The summed E-state index contributed by atoms with van der Waals surface area (Å²) in [6.07, 6.45) is -7.95. The Morgan fingerprint density at radius 2 is 1.58 bits per heavy atom. The van der Waals surface area contributed by atoms with E-state index in [0.717, 1.165) is 12.1 Å². The fourth-order valence-electron chi connectivity index (χ4n) is 3.69. The van der Waals surface area contributed by atoms with Gasteiger partial charge in [0.15, 0.2) is 5.43 Å². The molecular formula is C21H20O10. The number of phenolic OH excluding ortho intramolecular Hbond substituents is 3. The Labute approximate surface area is 174 Å². The first-order chi connectivity index (χ1) is 14.7. The van der Waals surface area contributed by atoms with Gasteiger partial charge in [-0.1, -0.05) is 0 Å². The van der Waals surface area contributed by atoms with Crippen LogP contribution in [0, 0.1) is 0 Å². The van der Waals surface area contributed by atoms with Crippen molar-refractivity contribution in [2.24, 2.45) is 0 Å². The fraction of sp³-hybridized carbons (Fsp3) is 0.286.